The monoisotopic (exact) mass is 677 g/mol. The Kier molecular flexibility index (Phi) is 8.56. The summed E-state index contributed by atoms with van der Waals surface area (Å²) in [6, 6.07) is 12.7. The third-order valence-electron chi connectivity index (χ3n) is 8.24. The van der Waals surface area contributed by atoms with E-state index in [1.807, 2.05) is 52.8 Å². The molecule has 48 heavy (non-hydrogen) atoms. The Morgan fingerprint density at radius 3 is 2.31 bits per heavy atom. The lowest BCUT2D eigenvalue weighted by molar-refractivity contribution is -0.0263. The second kappa shape index (κ2) is 12.4. The lowest BCUT2D eigenvalue weighted by Crippen LogP contribution is -2.56. The summed E-state index contributed by atoms with van der Waals surface area (Å²) >= 11 is 0. The quantitative estimate of drug-likeness (QED) is 0.285. The number of ether oxygens (including phenoxy) is 1. The number of aryl methyl sites for hydroxylation is 2. The minimum absolute atomic E-state index is 0.0129. The van der Waals surface area contributed by atoms with Crippen molar-refractivity contribution in [2.45, 2.75) is 64.4 Å². The van der Waals surface area contributed by atoms with Crippen molar-refractivity contribution in [2.24, 2.45) is 5.41 Å². The van der Waals surface area contributed by atoms with Crippen LogP contribution in [0.3, 0.4) is 0 Å². The Morgan fingerprint density at radius 1 is 1.00 bits per heavy atom. The maximum atomic E-state index is 14.3. The van der Waals surface area contributed by atoms with Gasteiger partial charge in [-0.3, -0.25) is 4.79 Å². The maximum Gasteiger partial charge on any atom is 0.282 e. The fraction of sp³-hybridized carbons (Fsp3) is 0.382. The van der Waals surface area contributed by atoms with Crippen molar-refractivity contribution in [3.05, 3.63) is 83.4 Å². The normalized spacial score (nSPS) is 18.8. The summed E-state index contributed by atoms with van der Waals surface area (Å²) in [6.07, 6.45) is 3.43. The number of amides is 1. The van der Waals surface area contributed by atoms with E-state index in [0.717, 1.165) is 16.7 Å². The molecule has 2 aliphatic heterocycles. The van der Waals surface area contributed by atoms with Crippen molar-refractivity contribution >= 4 is 27.6 Å². The summed E-state index contributed by atoms with van der Waals surface area (Å²) in [6.45, 7) is 9.18. The number of carbonyl (C=O) groups is 1. The molecule has 252 valence electrons. The van der Waals surface area contributed by atoms with Crippen molar-refractivity contribution in [3.8, 4) is 17.1 Å². The molecule has 4 bridgehead atoms. The van der Waals surface area contributed by atoms with Crippen LogP contribution in [0.4, 0.5) is 20.4 Å². The zero-order chi connectivity index (χ0) is 34.4. The summed E-state index contributed by atoms with van der Waals surface area (Å²) in [4.78, 5) is 35.0. The van der Waals surface area contributed by atoms with Gasteiger partial charge in [0.05, 0.1) is 54.3 Å². The molecule has 1 amide bonds. The van der Waals surface area contributed by atoms with Gasteiger partial charge in [0.2, 0.25) is 11.8 Å². The smallest absolute Gasteiger partial charge is 0.282 e. The van der Waals surface area contributed by atoms with Crippen LogP contribution in [-0.4, -0.2) is 70.8 Å². The number of benzene rings is 2. The zero-order valence-electron chi connectivity index (χ0n) is 27.4. The van der Waals surface area contributed by atoms with E-state index in [1.54, 1.807) is 17.0 Å². The van der Waals surface area contributed by atoms with Crippen LogP contribution in [-0.2, 0) is 16.6 Å². The van der Waals surface area contributed by atoms with Gasteiger partial charge in [-0.15, -0.1) is 0 Å². The van der Waals surface area contributed by atoms with Gasteiger partial charge in [-0.05, 0) is 55.0 Å². The van der Waals surface area contributed by atoms with Crippen molar-refractivity contribution in [1.82, 2.24) is 24.8 Å². The summed E-state index contributed by atoms with van der Waals surface area (Å²) in [7, 11) is -4.22. The molecule has 1 fully saturated rings. The van der Waals surface area contributed by atoms with Crippen molar-refractivity contribution in [2.75, 3.05) is 29.3 Å². The molecule has 1 atom stereocenters. The van der Waals surface area contributed by atoms with E-state index in [4.69, 9.17) is 4.74 Å². The SMILES string of the molecule is Cc1cccc(C)c1-c1cc2nc(n1)NS(=O)(=O)c1cccc(c1)C(=O)N(Cc1ncc(N3CC(F)(F)C3)cn1)[C@H](CC(C)(C)C)CO2. The predicted molar refractivity (Wildman–Crippen MR) is 177 cm³/mol. The van der Waals surface area contributed by atoms with Gasteiger partial charge in [-0.1, -0.05) is 45.0 Å². The van der Waals surface area contributed by atoms with Gasteiger partial charge < -0.3 is 14.5 Å². The molecule has 2 aromatic carbocycles. The number of carbonyl (C=O) groups excluding carboxylic acids is 1. The molecule has 4 aromatic rings. The standard InChI is InChI=1S/C34H37F2N7O4S/c1-21-8-6-9-22(2)30(21)27-13-29-40-32(39-27)41-48(45,46)26-11-7-10-23(12-26)31(44)43(24(18-47-29)14-33(3,4)5)17-28-37-15-25(16-38-28)42-19-34(35,36)20-42/h6-13,15-16,24H,14,17-20H2,1-5H3,(H,39,40,41)/t24-/m1/s1. The van der Waals surface area contributed by atoms with Gasteiger partial charge >= 0.3 is 0 Å². The highest BCUT2D eigenvalue weighted by atomic mass is 32.2. The zero-order valence-corrected chi connectivity index (χ0v) is 28.2. The van der Waals surface area contributed by atoms with Crippen molar-refractivity contribution in [1.29, 1.82) is 0 Å². The van der Waals surface area contributed by atoms with Gasteiger partial charge in [0.25, 0.3) is 21.9 Å². The molecule has 6 rings (SSSR count). The maximum absolute atomic E-state index is 14.3. The number of hydrogen-bond donors (Lipinski definition) is 1. The Hall–Kier alpha value is -4.72. The highest BCUT2D eigenvalue weighted by Crippen LogP contribution is 2.33. The molecule has 2 aromatic heterocycles. The molecule has 0 spiro atoms. The first-order valence-corrected chi connectivity index (χ1v) is 17.0. The van der Waals surface area contributed by atoms with E-state index in [9.17, 15) is 22.0 Å². The molecule has 11 nitrogen and oxygen atoms in total. The number of halogens is 2. The third-order valence-corrected chi connectivity index (χ3v) is 9.57. The number of nitrogens with one attached hydrogen (secondary N) is 1. The van der Waals surface area contributed by atoms with E-state index < -0.39 is 41.0 Å². The molecule has 0 aliphatic carbocycles. The van der Waals surface area contributed by atoms with Crippen molar-refractivity contribution < 1.29 is 26.7 Å². The second-order valence-corrected chi connectivity index (χ2v) is 15.2. The molecule has 1 N–H and O–H groups in total. The van der Waals surface area contributed by atoms with Crippen molar-refractivity contribution in [3.63, 3.8) is 0 Å². The molecule has 1 saturated heterocycles. The second-order valence-electron chi connectivity index (χ2n) is 13.5. The summed E-state index contributed by atoms with van der Waals surface area (Å²) < 4.78 is 62.9. The van der Waals surface area contributed by atoms with E-state index in [-0.39, 0.29) is 46.7 Å². The largest absolute Gasteiger partial charge is 0.475 e. The predicted octanol–water partition coefficient (Wildman–Crippen LogP) is 5.65. The number of sulfonamides is 1. The van der Waals surface area contributed by atoms with Gasteiger partial charge in [0.15, 0.2) is 0 Å². The molecule has 4 heterocycles. The lowest BCUT2D eigenvalue weighted by Gasteiger charge is -2.40. The topological polar surface area (TPSA) is 131 Å². The van der Waals surface area contributed by atoms with Gasteiger partial charge in [0.1, 0.15) is 12.4 Å². The molecule has 0 saturated carbocycles. The van der Waals surface area contributed by atoms with Gasteiger partial charge in [-0.2, -0.15) is 4.98 Å². The molecule has 0 radical (unpaired) electrons. The minimum Gasteiger partial charge on any atom is -0.475 e. The van der Waals surface area contributed by atoms with E-state index in [2.05, 4.69) is 24.7 Å². The molecular formula is C34H37F2N7O4S. The number of nitrogens with zero attached hydrogens (tertiary/aromatic N) is 6. The average molecular weight is 678 g/mol. The summed E-state index contributed by atoms with van der Waals surface area (Å²) in [5, 5.41) is 0. The molecular weight excluding hydrogens is 640 g/mol. The number of aromatic nitrogens is 4. The molecule has 2 aliphatic rings. The highest BCUT2D eigenvalue weighted by Gasteiger charge is 2.44. The fourth-order valence-electron chi connectivity index (χ4n) is 5.99. The van der Waals surface area contributed by atoms with Crippen LogP contribution in [0.5, 0.6) is 5.88 Å². The summed E-state index contributed by atoms with van der Waals surface area (Å²) in [5.41, 5.74) is 3.51. The number of fused-ring (bicyclic) bond motifs is 4. The Balaban J connectivity index is 1.43. The molecule has 14 heteroatoms. The third kappa shape index (κ3) is 7.23. The van der Waals surface area contributed by atoms with Crippen LogP contribution in [0.1, 0.15) is 54.5 Å². The van der Waals surface area contributed by atoms with Crippen LogP contribution in [0.25, 0.3) is 11.3 Å². The van der Waals surface area contributed by atoms with E-state index >= 15 is 0 Å². The van der Waals surface area contributed by atoms with Crippen LogP contribution in [0.15, 0.2) is 65.8 Å². The van der Waals surface area contributed by atoms with Gasteiger partial charge in [0, 0.05) is 17.2 Å². The molecule has 0 unspecified atom stereocenters. The van der Waals surface area contributed by atoms with E-state index in [0.29, 0.717) is 17.8 Å². The Bertz CT molecular complexity index is 1940. The summed E-state index contributed by atoms with van der Waals surface area (Å²) in [5.74, 6) is -2.95. The first kappa shape index (κ1) is 33.2. The highest BCUT2D eigenvalue weighted by molar-refractivity contribution is 7.92. The van der Waals surface area contributed by atoms with Crippen LogP contribution in [0, 0.1) is 19.3 Å². The fourth-order valence-corrected chi connectivity index (χ4v) is 6.98. The van der Waals surface area contributed by atoms with Crippen LogP contribution < -0.4 is 14.4 Å². The number of anilines is 2. The minimum atomic E-state index is -4.22. The number of alkyl halides is 2. The van der Waals surface area contributed by atoms with Crippen LogP contribution in [0.2, 0.25) is 0 Å². The lowest BCUT2D eigenvalue weighted by atomic mass is 9.87. The Morgan fingerprint density at radius 2 is 1.67 bits per heavy atom. The first-order chi connectivity index (χ1) is 22.6. The number of hydrogen-bond acceptors (Lipinski definition) is 9. The van der Waals surface area contributed by atoms with E-state index in [1.165, 1.54) is 35.5 Å². The average Bonchev–Trinajstić information content (AvgIpc) is 3.00. The van der Waals surface area contributed by atoms with Crippen LogP contribution >= 0.6 is 0 Å². The number of rotatable bonds is 5. The first-order valence-electron chi connectivity index (χ1n) is 15.5. The Labute approximate surface area is 278 Å². The van der Waals surface area contributed by atoms with Gasteiger partial charge in [-0.25, -0.2) is 36.9 Å².